The zero-order chi connectivity index (χ0) is 25.9. The molecule has 1 N–H and O–H groups in total. The summed E-state index contributed by atoms with van der Waals surface area (Å²) >= 11 is 0. The number of amides is 1. The molecule has 0 aliphatic carbocycles. The number of aromatic nitrogens is 2. The first-order chi connectivity index (χ1) is 17.8. The quantitative estimate of drug-likeness (QED) is 0.378. The number of rotatable bonds is 3. The molecule has 186 valence electrons. The second kappa shape index (κ2) is 8.28. The molecular formula is C28H23N3O6. The molecule has 37 heavy (non-hydrogen) atoms. The van der Waals surface area contributed by atoms with Crippen molar-refractivity contribution in [3.63, 3.8) is 0 Å². The van der Waals surface area contributed by atoms with Crippen molar-refractivity contribution in [2.45, 2.75) is 32.1 Å². The molecule has 0 bridgehead atoms. The monoisotopic (exact) mass is 497 g/mol. The van der Waals surface area contributed by atoms with Gasteiger partial charge in [-0.15, -0.1) is 0 Å². The Hall–Kier alpha value is -4.50. The van der Waals surface area contributed by atoms with E-state index < -0.39 is 17.7 Å². The summed E-state index contributed by atoms with van der Waals surface area (Å²) in [6.07, 6.45) is -0.440. The van der Waals surface area contributed by atoms with Gasteiger partial charge in [-0.05, 0) is 48.9 Å². The first kappa shape index (κ1) is 22.9. The molecule has 0 fully saturated rings. The standard InChI is InChI=1S/C28H23N3O6/c1-3-28(35)21-13-23-24-17(14-31(23)25(32)20(21)15-36-26(28)33)11-16-12-19(9-10-22(16)29-24)37-27(34)30(2)18-7-5-4-6-8-18/h4-13,35H,3,14-15H2,1-2H3. The van der Waals surface area contributed by atoms with Gasteiger partial charge in [-0.2, -0.15) is 0 Å². The number of ether oxygens (including phenoxy) is 2. The summed E-state index contributed by atoms with van der Waals surface area (Å²) in [5.41, 5.74) is 1.70. The molecule has 4 aromatic rings. The second-order valence-electron chi connectivity index (χ2n) is 9.22. The lowest BCUT2D eigenvalue weighted by Gasteiger charge is -2.31. The fraction of sp³-hybridized carbons (Fsp3) is 0.214. The number of hydrogen-bond donors (Lipinski definition) is 1. The van der Waals surface area contributed by atoms with Crippen LogP contribution in [-0.2, 0) is 28.3 Å². The number of fused-ring (bicyclic) bond motifs is 5. The van der Waals surface area contributed by atoms with Crippen molar-refractivity contribution in [1.82, 2.24) is 9.55 Å². The SMILES string of the molecule is CCC1(O)C(=O)OCc2c1cc1n(c2=O)Cc2cc3cc(OC(=O)N(C)c4ccccc4)ccc3nc2-1. The molecule has 6 rings (SSSR count). The van der Waals surface area contributed by atoms with E-state index in [1.54, 1.807) is 42.8 Å². The van der Waals surface area contributed by atoms with Crippen LogP contribution in [0.1, 0.15) is 30.0 Å². The summed E-state index contributed by atoms with van der Waals surface area (Å²) < 4.78 is 12.3. The molecule has 4 heterocycles. The van der Waals surface area contributed by atoms with Gasteiger partial charge in [0, 0.05) is 29.2 Å². The fourth-order valence-corrected chi connectivity index (χ4v) is 4.95. The van der Waals surface area contributed by atoms with Crippen LogP contribution in [0.15, 0.2) is 65.5 Å². The number of para-hydroxylation sites is 1. The van der Waals surface area contributed by atoms with Crippen molar-refractivity contribution >= 4 is 28.7 Å². The van der Waals surface area contributed by atoms with Crippen LogP contribution in [-0.4, -0.2) is 33.8 Å². The number of carbonyl (C=O) groups excluding carboxylic acids is 2. The van der Waals surface area contributed by atoms with Gasteiger partial charge in [0.25, 0.3) is 5.56 Å². The third-order valence-corrected chi connectivity index (χ3v) is 7.10. The molecular weight excluding hydrogens is 474 g/mol. The first-order valence-electron chi connectivity index (χ1n) is 11.9. The Morgan fingerprint density at radius 2 is 1.95 bits per heavy atom. The average Bonchev–Trinajstić information content (AvgIpc) is 3.27. The van der Waals surface area contributed by atoms with Crippen molar-refractivity contribution in [1.29, 1.82) is 0 Å². The van der Waals surface area contributed by atoms with E-state index in [4.69, 9.17) is 14.5 Å². The number of nitrogens with zero attached hydrogens (tertiary/aromatic N) is 3. The predicted molar refractivity (Wildman–Crippen MR) is 135 cm³/mol. The molecule has 2 aliphatic heterocycles. The molecule has 2 aromatic heterocycles. The lowest BCUT2D eigenvalue weighted by Crippen LogP contribution is -2.44. The zero-order valence-corrected chi connectivity index (χ0v) is 20.2. The van der Waals surface area contributed by atoms with Crippen molar-refractivity contribution < 1.29 is 24.2 Å². The van der Waals surface area contributed by atoms with E-state index in [0.29, 0.717) is 34.9 Å². The molecule has 0 spiro atoms. The van der Waals surface area contributed by atoms with Gasteiger partial charge in [0.15, 0.2) is 5.60 Å². The lowest BCUT2D eigenvalue weighted by atomic mass is 9.86. The predicted octanol–water partition coefficient (Wildman–Crippen LogP) is 3.71. The maximum Gasteiger partial charge on any atom is 0.419 e. The highest BCUT2D eigenvalue weighted by atomic mass is 16.6. The number of anilines is 1. The number of esters is 1. The van der Waals surface area contributed by atoms with Gasteiger partial charge in [-0.3, -0.25) is 9.69 Å². The lowest BCUT2D eigenvalue weighted by molar-refractivity contribution is -0.172. The molecule has 2 aliphatic rings. The Kier molecular flexibility index (Phi) is 5.13. The number of pyridine rings is 2. The molecule has 0 radical (unpaired) electrons. The van der Waals surface area contributed by atoms with Gasteiger partial charge in [0.1, 0.15) is 12.4 Å². The van der Waals surface area contributed by atoms with Crippen LogP contribution in [0.5, 0.6) is 5.75 Å². The van der Waals surface area contributed by atoms with E-state index in [1.165, 1.54) is 4.90 Å². The second-order valence-corrected chi connectivity index (χ2v) is 9.22. The Balaban J connectivity index is 1.36. The van der Waals surface area contributed by atoms with Crippen LogP contribution >= 0.6 is 0 Å². The number of cyclic esters (lactones) is 1. The maximum absolute atomic E-state index is 13.3. The van der Waals surface area contributed by atoms with E-state index in [1.807, 2.05) is 36.4 Å². The highest BCUT2D eigenvalue weighted by molar-refractivity contribution is 5.90. The van der Waals surface area contributed by atoms with E-state index in [2.05, 4.69) is 0 Å². The van der Waals surface area contributed by atoms with Gasteiger partial charge in [0.05, 0.1) is 29.0 Å². The van der Waals surface area contributed by atoms with Crippen LogP contribution in [0.3, 0.4) is 0 Å². The van der Waals surface area contributed by atoms with E-state index in [-0.39, 0.29) is 29.7 Å². The van der Waals surface area contributed by atoms with E-state index >= 15 is 0 Å². The smallest absolute Gasteiger partial charge is 0.419 e. The Morgan fingerprint density at radius 1 is 1.16 bits per heavy atom. The minimum atomic E-state index is -1.87. The Bertz CT molecular complexity index is 1660. The van der Waals surface area contributed by atoms with Crippen molar-refractivity contribution in [3.05, 3.63) is 87.7 Å². The van der Waals surface area contributed by atoms with Gasteiger partial charge in [-0.1, -0.05) is 25.1 Å². The molecule has 1 amide bonds. The van der Waals surface area contributed by atoms with Crippen molar-refractivity contribution in [2.24, 2.45) is 0 Å². The highest BCUT2D eigenvalue weighted by Crippen LogP contribution is 2.38. The largest absolute Gasteiger partial charge is 0.458 e. The summed E-state index contributed by atoms with van der Waals surface area (Å²) in [4.78, 5) is 44.5. The Labute approximate surface area is 211 Å². The number of benzene rings is 2. The van der Waals surface area contributed by atoms with Gasteiger partial charge in [0.2, 0.25) is 0 Å². The maximum atomic E-state index is 13.3. The van der Waals surface area contributed by atoms with Gasteiger partial charge < -0.3 is 19.1 Å². The van der Waals surface area contributed by atoms with Crippen LogP contribution < -0.4 is 15.2 Å². The minimum Gasteiger partial charge on any atom is -0.458 e. The summed E-state index contributed by atoms with van der Waals surface area (Å²) in [5.74, 6) is -0.384. The normalized spacial score (nSPS) is 17.5. The summed E-state index contributed by atoms with van der Waals surface area (Å²) in [6.45, 7) is 1.79. The minimum absolute atomic E-state index is 0.0840. The van der Waals surface area contributed by atoms with Crippen molar-refractivity contribution in [2.75, 3.05) is 11.9 Å². The van der Waals surface area contributed by atoms with Crippen molar-refractivity contribution in [3.8, 4) is 17.1 Å². The zero-order valence-electron chi connectivity index (χ0n) is 20.2. The number of carbonyl (C=O) groups is 2. The third-order valence-electron chi connectivity index (χ3n) is 7.10. The molecule has 9 heteroatoms. The van der Waals surface area contributed by atoms with Crippen LogP contribution in [0, 0.1) is 0 Å². The average molecular weight is 498 g/mol. The molecule has 0 saturated heterocycles. The molecule has 9 nitrogen and oxygen atoms in total. The van der Waals surface area contributed by atoms with Crippen LogP contribution in [0.2, 0.25) is 0 Å². The molecule has 2 aromatic carbocycles. The summed E-state index contributed by atoms with van der Waals surface area (Å²) in [5, 5.41) is 11.8. The molecule has 1 atom stereocenters. The van der Waals surface area contributed by atoms with Crippen LogP contribution in [0.25, 0.3) is 22.3 Å². The topological polar surface area (TPSA) is 111 Å². The molecule has 1 unspecified atom stereocenters. The molecule has 0 saturated carbocycles. The van der Waals surface area contributed by atoms with E-state index in [9.17, 15) is 19.5 Å². The highest BCUT2D eigenvalue weighted by Gasteiger charge is 2.45. The summed E-state index contributed by atoms with van der Waals surface area (Å²) in [6, 6.07) is 17.9. The van der Waals surface area contributed by atoms with Crippen LogP contribution in [0.4, 0.5) is 10.5 Å². The Morgan fingerprint density at radius 3 is 2.70 bits per heavy atom. The number of hydrogen-bond acceptors (Lipinski definition) is 7. The third kappa shape index (κ3) is 3.50. The fourth-order valence-electron chi connectivity index (χ4n) is 4.95. The van der Waals surface area contributed by atoms with Gasteiger partial charge in [-0.25, -0.2) is 14.6 Å². The number of aliphatic hydroxyl groups is 1. The van der Waals surface area contributed by atoms with Gasteiger partial charge >= 0.3 is 12.1 Å². The summed E-state index contributed by atoms with van der Waals surface area (Å²) in [7, 11) is 1.64. The first-order valence-corrected chi connectivity index (χ1v) is 11.9. The van der Waals surface area contributed by atoms with E-state index in [0.717, 1.165) is 10.9 Å².